The molecule has 1 atom stereocenters. The molecule has 0 saturated heterocycles. The number of aromatic nitrogens is 2. The predicted octanol–water partition coefficient (Wildman–Crippen LogP) is 5.79. The Hall–Kier alpha value is -3.93. The van der Waals surface area contributed by atoms with Gasteiger partial charge in [0.2, 0.25) is 0 Å². The van der Waals surface area contributed by atoms with Crippen molar-refractivity contribution in [3.8, 4) is 11.4 Å². The van der Waals surface area contributed by atoms with Crippen molar-refractivity contribution in [1.29, 1.82) is 0 Å². The number of hydrogen-bond donors (Lipinski definition) is 0. The molecule has 1 unspecified atom stereocenters. The topological polar surface area (TPSA) is 64.4 Å². The number of ether oxygens (including phenoxy) is 1. The first-order chi connectivity index (χ1) is 17.0. The van der Waals surface area contributed by atoms with Crippen LogP contribution in [0, 0.1) is 0 Å². The molecule has 3 aromatic carbocycles. The molecule has 6 nitrogen and oxygen atoms in total. The molecule has 0 spiro atoms. The highest BCUT2D eigenvalue weighted by Gasteiger charge is 2.27. The Kier molecular flexibility index (Phi) is 7.60. The summed E-state index contributed by atoms with van der Waals surface area (Å²) < 4.78 is 7.21. The number of fused-ring (bicyclic) bond motifs is 1. The van der Waals surface area contributed by atoms with E-state index in [1.54, 1.807) is 10.6 Å². The first-order valence-electron chi connectivity index (χ1n) is 12.2. The molecule has 0 fully saturated rings. The van der Waals surface area contributed by atoms with Gasteiger partial charge in [0.15, 0.2) is 0 Å². The second kappa shape index (κ2) is 11.0. The lowest BCUT2D eigenvalue weighted by Crippen LogP contribution is -2.38. The zero-order valence-electron chi connectivity index (χ0n) is 20.5. The van der Waals surface area contributed by atoms with Crippen molar-refractivity contribution in [3.63, 3.8) is 0 Å². The van der Waals surface area contributed by atoms with Gasteiger partial charge < -0.3 is 9.64 Å². The number of rotatable bonds is 9. The maximum Gasteiger partial charge on any atom is 0.266 e. The summed E-state index contributed by atoms with van der Waals surface area (Å²) in [5.41, 5.74) is 1.75. The zero-order valence-corrected chi connectivity index (χ0v) is 20.5. The van der Waals surface area contributed by atoms with Crippen LogP contribution in [0.3, 0.4) is 0 Å². The Morgan fingerprint density at radius 1 is 0.971 bits per heavy atom. The summed E-state index contributed by atoms with van der Waals surface area (Å²) >= 11 is 0. The summed E-state index contributed by atoms with van der Waals surface area (Å²) in [5, 5.41) is 0.534. The third-order valence-electron chi connectivity index (χ3n) is 6.08. The molecule has 0 radical (unpaired) electrons. The molecule has 180 valence electrons. The number of benzene rings is 3. The van der Waals surface area contributed by atoms with Crippen molar-refractivity contribution in [3.05, 3.63) is 101 Å². The standard InChI is InChI=1S/C29H31N3O3/c1-4-6-20-31(28(33)22-12-8-7-9-13-22)21(3)27-30-26-15-11-10-14-25(26)29(34)32(27)23-16-18-24(19-17-23)35-5-2/h7-19,21H,4-6,20H2,1-3H3. The van der Waals surface area contributed by atoms with Gasteiger partial charge in [-0.1, -0.05) is 43.7 Å². The van der Waals surface area contributed by atoms with E-state index in [0.29, 0.717) is 41.1 Å². The highest BCUT2D eigenvalue weighted by Crippen LogP contribution is 2.26. The number of unbranched alkanes of at least 4 members (excludes halogenated alkanes) is 1. The minimum atomic E-state index is -0.432. The van der Waals surface area contributed by atoms with Crippen LogP contribution in [0.4, 0.5) is 0 Å². The average molecular weight is 470 g/mol. The van der Waals surface area contributed by atoms with E-state index in [4.69, 9.17) is 9.72 Å². The van der Waals surface area contributed by atoms with Gasteiger partial charge in [0, 0.05) is 12.1 Å². The molecule has 0 aliphatic rings. The Labute approximate surface area is 205 Å². The molecule has 1 amide bonds. The number of para-hydroxylation sites is 1. The maximum atomic E-state index is 13.7. The molecule has 1 aromatic heterocycles. The van der Waals surface area contributed by atoms with E-state index in [9.17, 15) is 9.59 Å². The van der Waals surface area contributed by atoms with Crippen molar-refractivity contribution in [2.24, 2.45) is 0 Å². The lowest BCUT2D eigenvalue weighted by molar-refractivity contribution is 0.0678. The minimum absolute atomic E-state index is 0.0767. The van der Waals surface area contributed by atoms with Crippen LogP contribution in [0.1, 0.15) is 55.8 Å². The molecule has 4 aromatic rings. The molecule has 0 aliphatic carbocycles. The average Bonchev–Trinajstić information content (AvgIpc) is 2.90. The fraction of sp³-hybridized carbons (Fsp3) is 0.276. The van der Waals surface area contributed by atoms with Crippen molar-refractivity contribution in [2.45, 2.75) is 39.7 Å². The molecule has 1 heterocycles. The van der Waals surface area contributed by atoms with Crippen LogP contribution in [0.25, 0.3) is 16.6 Å². The van der Waals surface area contributed by atoms with E-state index < -0.39 is 6.04 Å². The molecule has 35 heavy (non-hydrogen) atoms. The molecule has 0 saturated carbocycles. The van der Waals surface area contributed by atoms with Crippen molar-refractivity contribution in [2.75, 3.05) is 13.2 Å². The summed E-state index contributed by atoms with van der Waals surface area (Å²) in [7, 11) is 0. The van der Waals surface area contributed by atoms with E-state index in [1.807, 2.05) is 91.5 Å². The quantitative estimate of drug-likeness (QED) is 0.311. The largest absolute Gasteiger partial charge is 0.494 e. The van der Waals surface area contributed by atoms with Crippen LogP contribution < -0.4 is 10.3 Å². The molecule has 0 bridgehead atoms. The first kappa shape index (κ1) is 24.2. The van der Waals surface area contributed by atoms with Crippen molar-refractivity contribution < 1.29 is 9.53 Å². The number of carbonyl (C=O) groups excluding carboxylic acids is 1. The van der Waals surface area contributed by atoms with Crippen LogP contribution in [-0.2, 0) is 0 Å². The van der Waals surface area contributed by atoms with E-state index in [-0.39, 0.29) is 11.5 Å². The molecule has 6 heteroatoms. The Morgan fingerprint density at radius 3 is 2.34 bits per heavy atom. The zero-order chi connectivity index (χ0) is 24.8. The van der Waals surface area contributed by atoms with Gasteiger partial charge >= 0.3 is 0 Å². The van der Waals surface area contributed by atoms with E-state index in [0.717, 1.165) is 18.6 Å². The summed E-state index contributed by atoms with van der Waals surface area (Å²) in [6, 6.07) is 23.6. The Balaban J connectivity index is 1.87. The van der Waals surface area contributed by atoms with E-state index in [2.05, 4.69) is 6.92 Å². The van der Waals surface area contributed by atoms with E-state index in [1.165, 1.54) is 0 Å². The number of carbonyl (C=O) groups is 1. The van der Waals surface area contributed by atoms with Gasteiger partial charge in [-0.15, -0.1) is 0 Å². The summed E-state index contributed by atoms with van der Waals surface area (Å²) in [5.74, 6) is 1.18. The van der Waals surface area contributed by atoms with Crippen LogP contribution in [0.15, 0.2) is 83.7 Å². The van der Waals surface area contributed by atoms with Crippen molar-refractivity contribution in [1.82, 2.24) is 14.5 Å². The number of hydrogen-bond acceptors (Lipinski definition) is 4. The first-order valence-corrected chi connectivity index (χ1v) is 12.2. The molecule has 4 rings (SSSR count). The second-order valence-electron chi connectivity index (χ2n) is 8.45. The predicted molar refractivity (Wildman–Crippen MR) is 139 cm³/mol. The summed E-state index contributed by atoms with van der Waals surface area (Å²) in [4.78, 5) is 34.0. The number of nitrogens with zero attached hydrogens (tertiary/aromatic N) is 3. The lowest BCUT2D eigenvalue weighted by Gasteiger charge is -2.30. The fourth-order valence-corrected chi connectivity index (χ4v) is 4.22. The van der Waals surface area contributed by atoms with E-state index >= 15 is 0 Å². The van der Waals surface area contributed by atoms with Crippen LogP contribution in [0.2, 0.25) is 0 Å². The Bertz CT molecular complexity index is 1350. The second-order valence-corrected chi connectivity index (χ2v) is 8.45. The van der Waals surface area contributed by atoms with Gasteiger partial charge in [-0.05, 0) is 68.8 Å². The van der Waals surface area contributed by atoms with Gasteiger partial charge in [0.1, 0.15) is 11.6 Å². The van der Waals surface area contributed by atoms with Gasteiger partial charge in [-0.25, -0.2) is 4.98 Å². The van der Waals surface area contributed by atoms with Gasteiger partial charge in [-0.3, -0.25) is 14.2 Å². The molecular weight excluding hydrogens is 438 g/mol. The highest BCUT2D eigenvalue weighted by molar-refractivity contribution is 5.94. The maximum absolute atomic E-state index is 13.7. The van der Waals surface area contributed by atoms with Gasteiger partial charge in [-0.2, -0.15) is 0 Å². The van der Waals surface area contributed by atoms with Gasteiger partial charge in [0.25, 0.3) is 11.5 Å². The SMILES string of the molecule is CCCCN(C(=O)c1ccccc1)C(C)c1nc2ccccc2c(=O)n1-c1ccc(OCC)cc1. The molecular formula is C29H31N3O3. The lowest BCUT2D eigenvalue weighted by atomic mass is 10.1. The highest BCUT2D eigenvalue weighted by atomic mass is 16.5. The van der Waals surface area contributed by atoms with Crippen LogP contribution >= 0.6 is 0 Å². The molecule has 0 aliphatic heterocycles. The normalized spacial score (nSPS) is 11.9. The minimum Gasteiger partial charge on any atom is -0.494 e. The van der Waals surface area contributed by atoms with Gasteiger partial charge in [0.05, 0.1) is 29.2 Å². The third kappa shape index (κ3) is 5.11. The third-order valence-corrected chi connectivity index (χ3v) is 6.08. The summed E-state index contributed by atoms with van der Waals surface area (Å²) in [6.45, 7) is 7.10. The molecule has 0 N–H and O–H groups in total. The monoisotopic (exact) mass is 469 g/mol. The van der Waals surface area contributed by atoms with Crippen LogP contribution in [-0.4, -0.2) is 33.5 Å². The van der Waals surface area contributed by atoms with Crippen molar-refractivity contribution >= 4 is 16.8 Å². The summed E-state index contributed by atoms with van der Waals surface area (Å²) in [6.07, 6.45) is 1.80. The fourth-order valence-electron chi connectivity index (χ4n) is 4.22. The Morgan fingerprint density at radius 2 is 1.66 bits per heavy atom. The number of amides is 1. The van der Waals surface area contributed by atoms with Crippen LogP contribution in [0.5, 0.6) is 5.75 Å². The smallest absolute Gasteiger partial charge is 0.266 e.